The minimum Gasteiger partial charge on any atom is -0.480 e. The summed E-state index contributed by atoms with van der Waals surface area (Å²) in [5, 5.41) is 11.1. The van der Waals surface area contributed by atoms with Crippen molar-refractivity contribution in [2.45, 2.75) is 25.3 Å². The zero-order valence-corrected chi connectivity index (χ0v) is 9.32. The summed E-state index contributed by atoms with van der Waals surface area (Å²) in [6.45, 7) is 2.42. The monoisotopic (exact) mass is 231 g/mol. The highest BCUT2D eigenvalue weighted by molar-refractivity contribution is 5.78. The SMILES string of the molecule is CC1(NC(=O)COCC(=O)O)CCCOC1. The van der Waals surface area contributed by atoms with Crippen LogP contribution in [0.25, 0.3) is 0 Å². The number of ether oxygens (including phenoxy) is 2. The van der Waals surface area contributed by atoms with Crippen LogP contribution in [0.1, 0.15) is 19.8 Å². The van der Waals surface area contributed by atoms with Gasteiger partial charge in [0.15, 0.2) is 0 Å². The smallest absolute Gasteiger partial charge is 0.329 e. The number of carbonyl (C=O) groups excluding carboxylic acids is 1. The van der Waals surface area contributed by atoms with Gasteiger partial charge in [0.1, 0.15) is 13.2 Å². The molecule has 0 saturated carbocycles. The Labute approximate surface area is 93.9 Å². The van der Waals surface area contributed by atoms with E-state index in [2.05, 4.69) is 5.32 Å². The fourth-order valence-corrected chi connectivity index (χ4v) is 1.64. The van der Waals surface area contributed by atoms with Crippen LogP contribution in [0.4, 0.5) is 0 Å². The van der Waals surface area contributed by atoms with Gasteiger partial charge in [0, 0.05) is 6.61 Å². The first-order chi connectivity index (χ1) is 7.52. The topological polar surface area (TPSA) is 84.9 Å². The predicted octanol–water partition coefficient (Wildman–Crippen LogP) is -0.227. The van der Waals surface area contributed by atoms with E-state index >= 15 is 0 Å². The van der Waals surface area contributed by atoms with Crippen LogP contribution in [-0.4, -0.2) is 48.9 Å². The summed E-state index contributed by atoms with van der Waals surface area (Å²) in [5.74, 6) is -1.39. The standard InChI is InChI=1S/C10H17NO5/c1-10(3-2-4-15-7-10)11-8(12)5-16-6-9(13)14/h2-7H2,1H3,(H,11,12)(H,13,14). The fourth-order valence-electron chi connectivity index (χ4n) is 1.64. The lowest BCUT2D eigenvalue weighted by Crippen LogP contribution is -2.52. The maximum absolute atomic E-state index is 11.4. The summed E-state index contributed by atoms with van der Waals surface area (Å²) in [6.07, 6.45) is 1.77. The van der Waals surface area contributed by atoms with Crippen molar-refractivity contribution in [1.82, 2.24) is 5.32 Å². The first kappa shape index (κ1) is 12.9. The molecule has 1 atom stereocenters. The second-order valence-electron chi connectivity index (χ2n) is 4.15. The molecule has 2 N–H and O–H groups in total. The molecule has 0 radical (unpaired) electrons. The molecule has 0 aromatic rings. The maximum Gasteiger partial charge on any atom is 0.329 e. The van der Waals surface area contributed by atoms with Crippen LogP contribution in [0.2, 0.25) is 0 Å². The number of carboxylic acid groups (broad SMARTS) is 1. The van der Waals surface area contributed by atoms with Crippen LogP contribution < -0.4 is 5.32 Å². The molecular weight excluding hydrogens is 214 g/mol. The average Bonchev–Trinajstić information content (AvgIpc) is 2.17. The lowest BCUT2D eigenvalue weighted by Gasteiger charge is -2.34. The lowest BCUT2D eigenvalue weighted by atomic mass is 9.95. The van der Waals surface area contributed by atoms with E-state index in [-0.39, 0.29) is 18.1 Å². The summed E-state index contributed by atoms with van der Waals surface area (Å²) in [4.78, 5) is 21.6. The summed E-state index contributed by atoms with van der Waals surface area (Å²) in [5.41, 5.74) is -0.359. The number of hydrogen-bond donors (Lipinski definition) is 2. The van der Waals surface area contributed by atoms with E-state index < -0.39 is 12.6 Å². The van der Waals surface area contributed by atoms with Gasteiger partial charge in [0.05, 0.1) is 12.1 Å². The van der Waals surface area contributed by atoms with E-state index in [4.69, 9.17) is 14.6 Å². The Morgan fingerprint density at radius 3 is 2.81 bits per heavy atom. The number of nitrogens with one attached hydrogen (secondary N) is 1. The van der Waals surface area contributed by atoms with Gasteiger partial charge in [-0.25, -0.2) is 4.79 Å². The van der Waals surface area contributed by atoms with E-state index in [1.807, 2.05) is 6.92 Å². The molecule has 0 spiro atoms. The minimum absolute atomic E-state index is 0.234. The maximum atomic E-state index is 11.4. The Morgan fingerprint density at radius 1 is 1.50 bits per heavy atom. The molecule has 1 unspecified atom stereocenters. The van der Waals surface area contributed by atoms with Gasteiger partial charge in [0.2, 0.25) is 5.91 Å². The molecule has 1 rings (SSSR count). The first-order valence-electron chi connectivity index (χ1n) is 5.20. The third-order valence-electron chi connectivity index (χ3n) is 2.34. The van der Waals surface area contributed by atoms with Crippen molar-refractivity contribution >= 4 is 11.9 Å². The predicted molar refractivity (Wildman–Crippen MR) is 55.1 cm³/mol. The van der Waals surface area contributed by atoms with Crippen molar-refractivity contribution in [1.29, 1.82) is 0 Å². The zero-order valence-electron chi connectivity index (χ0n) is 9.32. The van der Waals surface area contributed by atoms with E-state index in [9.17, 15) is 9.59 Å². The highest BCUT2D eigenvalue weighted by atomic mass is 16.5. The van der Waals surface area contributed by atoms with Crippen molar-refractivity contribution in [3.8, 4) is 0 Å². The van der Waals surface area contributed by atoms with Crippen LogP contribution in [0.15, 0.2) is 0 Å². The number of aliphatic carboxylic acids is 1. The third kappa shape index (κ3) is 4.59. The van der Waals surface area contributed by atoms with Crippen LogP contribution in [-0.2, 0) is 19.1 Å². The largest absolute Gasteiger partial charge is 0.480 e. The average molecular weight is 231 g/mol. The molecule has 6 nitrogen and oxygen atoms in total. The van der Waals surface area contributed by atoms with Crippen LogP contribution in [0.5, 0.6) is 0 Å². The van der Waals surface area contributed by atoms with E-state index in [0.29, 0.717) is 6.61 Å². The highest BCUT2D eigenvalue weighted by Crippen LogP contribution is 2.17. The normalized spacial score (nSPS) is 25.1. The zero-order chi connectivity index (χ0) is 12.0. The number of carboxylic acids is 1. The lowest BCUT2D eigenvalue weighted by molar-refractivity contribution is -0.144. The second kappa shape index (κ2) is 5.81. The van der Waals surface area contributed by atoms with Crippen LogP contribution in [0, 0.1) is 0 Å². The molecule has 1 fully saturated rings. The minimum atomic E-state index is -1.08. The quantitative estimate of drug-likeness (QED) is 0.683. The van der Waals surface area contributed by atoms with Gasteiger partial charge >= 0.3 is 5.97 Å². The molecule has 0 aromatic carbocycles. The highest BCUT2D eigenvalue weighted by Gasteiger charge is 2.29. The van der Waals surface area contributed by atoms with Crippen molar-refractivity contribution < 1.29 is 24.2 Å². The Hall–Kier alpha value is -1.14. The number of rotatable bonds is 5. The molecule has 1 aliphatic heterocycles. The van der Waals surface area contributed by atoms with Crippen molar-refractivity contribution in [3.05, 3.63) is 0 Å². The van der Waals surface area contributed by atoms with Gasteiger partial charge in [-0.1, -0.05) is 0 Å². The van der Waals surface area contributed by atoms with Gasteiger partial charge < -0.3 is 19.9 Å². The molecule has 1 amide bonds. The Balaban J connectivity index is 2.24. The summed E-state index contributed by atoms with van der Waals surface area (Å²) < 4.78 is 9.97. The van der Waals surface area contributed by atoms with E-state index in [1.54, 1.807) is 0 Å². The van der Waals surface area contributed by atoms with Gasteiger partial charge in [-0.15, -0.1) is 0 Å². The molecular formula is C10H17NO5. The van der Waals surface area contributed by atoms with Gasteiger partial charge in [0.25, 0.3) is 0 Å². The van der Waals surface area contributed by atoms with Gasteiger partial charge in [-0.05, 0) is 19.8 Å². The molecule has 1 heterocycles. The van der Waals surface area contributed by atoms with Crippen molar-refractivity contribution in [2.75, 3.05) is 26.4 Å². The van der Waals surface area contributed by atoms with E-state index in [1.165, 1.54) is 0 Å². The van der Waals surface area contributed by atoms with Gasteiger partial charge in [-0.3, -0.25) is 4.79 Å². The van der Waals surface area contributed by atoms with Gasteiger partial charge in [-0.2, -0.15) is 0 Å². The fraction of sp³-hybridized carbons (Fsp3) is 0.800. The second-order valence-corrected chi connectivity index (χ2v) is 4.15. The summed E-state index contributed by atoms with van der Waals surface area (Å²) in [6, 6.07) is 0. The van der Waals surface area contributed by atoms with Crippen molar-refractivity contribution in [2.24, 2.45) is 0 Å². The first-order valence-corrected chi connectivity index (χ1v) is 5.20. The van der Waals surface area contributed by atoms with Crippen LogP contribution in [0.3, 0.4) is 0 Å². The van der Waals surface area contributed by atoms with Crippen molar-refractivity contribution in [3.63, 3.8) is 0 Å². The molecule has 1 saturated heterocycles. The molecule has 1 aliphatic rings. The van der Waals surface area contributed by atoms with Crippen LogP contribution >= 0.6 is 0 Å². The number of carbonyl (C=O) groups is 2. The summed E-state index contributed by atoms with van der Waals surface area (Å²) >= 11 is 0. The number of hydrogen-bond acceptors (Lipinski definition) is 4. The molecule has 0 aromatic heterocycles. The Bertz CT molecular complexity index is 260. The molecule has 0 bridgehead atoms. The third-order valence-corrected chi connectivity index (χ3v) is 2.34. The Kier molecular flexibility index (Phi) is 4.70. The molecule has 92 valence electrons. The number of amides is 1. The Morgan fingerprint density at radius 2 is 2.25 bits per heavy atom. The molecule has 16 heavy (non-hydrogen) atoms. The van der Waals surface area contributed by atoms with E-state index in [0.717, 1.165) is 19.4 Å². The molecule has 0 aliphatic carbocycles. The summed E-state index contributed by atoms with van der Waals surface area (Å²) in [7, 11) is 0. The molecule has 6 heteroatoms.